The molecule has 1 aromatic heterocycles. The fourth-order valence-corrected chi connectivity index (χ4v) is 1.80. The van der Waals surface area contributed by atoms with Gasteiger partial charge in [0, 0.05) is 13.0 Å². The lowest BCUT2D eigenvalue weighted by Gasteiger charge is -2.29. The van der Waals surface area contributed by atoms with E-state index in [1.807, 2.05) is 0 Å². The molecule has 1 aromatic rings. The molecule has 2 heterocycles. The van der Waals surface area contributed by atoms with E-state index in [9.17, 15) is 0 Å². The van der Waals surface area contributed by atoms with Crippen molar-refractivity contribution in [3.05, 3.63) is 23.9 Å². The van der Waals surface area contributed by atoms with Crippen LogP contribution in [0.4, 0.5) is 5.82 Å². The molecule has 0 saturated carbocycles. The van der Waals surface area contributed by atoms with Gasteiger partial charge in [0.25, 0.3) is 0 Å². The smallest absolute Gasteiger partial charge is 0.152 e. The summed E-state index contributed by atoms with van der Waals surface area (Å²) in [7, 11) is 0. The van der Waals surface area contributed by atoms with Crippen molar-refractivity contribution >= 4 is 17.5 Å². The maximum atomic E-state index is 8.02. The number of hydrogen-bond acceptors (Lipinski definition) is 4. The Bertz CT molecular complexity index is 426. The molecule has 2 rings (SSSR count). The van der Waals surface area contributed by atoms with Crippen LogP contribution in [0.25, 0.3) is 0 Å². The van der Waals surface area contributed by atoms with E-state index in [0.29, 0.717) is 17.3 Å². The van der Waals surface area contributed by atoms with Crippen molar-refractivity contribution < 1.29 is 0 Å². The summed E-state index contributed by atoms with van der Waals surface area (Å²) in [5, 5.41) is 15.8. The number of nitrogens with two attached hydrogens (primary N) is 1. The Morgan fingerprint density at radius 3 is 2.88 bits per heavy atom. The quantitative estimate of drug-likeness (QED) is 0.491. The third-order valence-electron chi connectivity index (χ3n) is 2.65. The summed E-state index contributed by atoms with van der Waals surface area (Å²) in [6.07, 6.45) is 2.80. The number of likely N-dealkylation sites (tertiary alicyclic amines) is 1. The van der Waals surface area contributed by atoms with Crippen molar-refractivity contribution in [1.82, 2.24) is 9.88 Å². The number of amidine groups is 2. The lowest BCUT2D eigenvalue weighted by atomic mass is 10.1. The topological polar surface area (TPSA) is 89.9 Å². The van der Waals surface area contributed by atoms with Crippen LogP contribution in [0.5, 0.6) is 0 Å². The average molecular weight is 217 g/mol. The number of hydrogen-bond donors (Lipinski definition) is 3. The number of nitrogens with zero attached hydrogens (tertiary/aromatic N) is 2. The van der Waals surface area contributed by atoms with Gasteiger partial charge in [-0.15, -0.1) is 0 Å². The predicted octanol–water partition coefficient (Wildman–Crippen LogP) is 1.45. The number of nitrogens with one attached hydrogen (secondary N) is 2. The van der Waals surface area contributed by atoms with Crippen molar-refractivity contribution in [3.8, 4) is 0 Å². The Morgan fingerprint density at radius 2 is 2.19 bits per heavy atom. The van der Waals surface area contributed by atoms with Gasteiger partial charge in [-0.1, -0.05) is 6.07 Å². The molecule has 0 atom stereocenters. The molecule has 0 unspecified atom stereocenters. The van der Waals surface area contributed by atoms with Crippen molar-refractivity contribution in [2.24, 2.45) is 0 Å². The SMILES string of the molecule is N=C1CCCCN1C(=N)c1cccc(N)n1. The zero-order chi connectivity index (χ0) is 11.5. The molecule has 1 aliphatic heterocycles. The zero-order valence-corrected chi connectivity index (χ0v) is 9.03. The van der Waals surface area contributed by atoms with Crippen molar-refractivity contribution in [2.45, 2.75) is 19.3 Å². The molecule has 84 valence electrons. The second kappa shape index (κ2) is 4.30. The first-order valence-electron chi connectivity index (χ1n) is 5.35. The maximum absolute atomic E-state index is 8.02. The minimum atomic E-state index is 0.275. The van der Waals surface area contributed by atoms with Gasteiger partial charge < -0.3 is 10.6 Å². The molecule has 1 aliphatic rings. The number of rotatable bonds is 1. The van der Waals surface area contributed by atoms with Crippen LogP contribution >= 0.6 is 0 Å². The van der Waals surface area contributed by atoms with E-state index >= 15 is 0 Å². The summed E-state index contributed by atoms with van der Waals surface area (Å²) in [6, 6.07) is 5.22. The van der Waals surface area contributed by atoms with Crippen molar-refractivity contribution in [2.75, 3.05) is 12.3 Å². The third-order valence-corrected chi connectivity index (χ3v) is 2.65. The molecule has 1 fully saturated rings. The first kappa shape index (κ1) is 10.6. The van der Waals surface area contributed by atoms with Gasteiger partial charge in [-0.25, -0.2) is 4.98 Å². The van der Waals surface area contributed by atoms with E-state index in [4.69, 9.17) is 16.6 Å². The molecule has 5 heteroatoms. The number of pyridine rings is 1. The van der Waals surface area contributed by atoms with Crippen LogP contribution < -0.4 is 5.73 Å². The molecule has 0 spiro atoms. The molecule has 0 aliphatic carbocycles. The zero-order valence-electron chi connectivity index (χ0n) is 9.03. The van der Waals surface area contributed by atoms with E-state index in [0.717, 1.165) is 25.8 Å². The Kier molecular flexibility index (Phi) is 2.85. The highest BCUT2D eigenvalue weighted by Crippen LogP contribution is 2.14. The molecule has 0 radical (unpaired) electrons. The van der Waals surface area contributed by atoms with Gasteiger partial charge in [0.05, 0.1) is 0 Å². The Labute approximate surface area is 94.3 Å². The summed E-state index contributed by atoms with van der Waals surface area (Å²) in [5.74, 6) is 1.18. The second-order valence-electron chi connectivity index (χ2n) is 3.85. The van der Waals surface area contributed by atoms with E-state index in [2.05, 4.69) is 4.98 Å². The van der Waals surface area contributed by atoms with Crippen molar-refractivity contribution in [1.29, 1.82) is 10.8 Å². The van der Waals surface area contributed by atoms with Crippen LogP contribution in [0.1, 0.15) is 25.0 Å². The lowest BCUT2D eigenvalue weighted by molar-refractivity contribution is 0.499. The molecule has 0 bridgehead atoms. The number of piperidine rings is 1. The van der Waals surface area contributed by atoms with E-state index in [-0.39, 0.29) is 5.84 Å². The summed E-state index contributed by atoms with van der Waals surface area (Å²) < 4.78 is 0. The van der Waals surface area contributed by atoms with E-state index < -0.39 is 0 Å². The Morgan fingerprint density at radius 1 is 1.38 bits per heavy atom. The first-order valence-corrected chi connectivity index (χ1v) is 5.35. The van der Waals surface area contributed by atoms with Gasteiger partial charge in [0.2, 0.25) is 0 Å². The van der Waals surface area contributed by atoms with Gasteiger partial charge >= 0.3 is 0 Å². The van der Waals surface area contributed by atoms with Gasteiger partial charge in [0.1, 0.15) is 17.3 Å². The van der Waals surface area contributed by atoms with Crippen LogP contribution in [0, 0.1) is 10.8 Å². The highest BCUT2D eigenvalue weighted by atomic mass is 15.2. The second-order valence-corrected chi connectivity index (χ2v) is 3.85. The molecule has 0 amide bonds. The molecule has 5 nitrogen and oxygen atoms in total. The standard InChI is InChI=1S/C11H15N5/c12-9-5-3-4-8(15-9)11(14)16-7-2-1-6-10(16)13/h3-5,13-14H,1-2,6-7H2,(H2,12,15). The van der Waals surface area contributed by atoms with Gasteiger partial charge in [-0.3, -0.25) is 10.8 Å². The van der Waals surface area contributed by atoms with Crippen LogP contribution in [-0.2, 0) is 0 Å². The Hall–Kier alpha value is -1.91. The van der Waals surface area contributed by atoms with Crippen LogP contribution in [-0.4, -0.2) is 28.1 Å². The summed E-state index contributed by atoms with van der Waals surface area (Å²) in [6.45, 7) is 0.730. The summed E-state index contributed by atoms with van der Waals surface area (Å²) in [5.41, 5.74) is 6.11. The summed E-state index contributed by atoms with van der Waals surface area (Å²) in [4.78, 5) is 5.80. The predicted molar refractivity (Wildman–Crippen MR) is 63.8 cm³/mol. The minimum Gasteiger partial charge on any atom is -0.384 e. The fourth-order valence-electron chi connectivity index (χ4n) is 1.80. The van der Waals surface area contributed by atoms with Crippen LogP contribution in [0.3, 0.4) is 0 Å². The lowest BCUT2D eigenvalue weighted by Crippen LogP contribution is -2.40. The first-order chi connectivity index (χ1) is 7.68. The Balaban J connectivity index is 2.21. The molecule has 1 saturated heterocycles. The maximum Gasteiger partial charge on any atom is 0.152 e. The molecule has 4 N–H and O–H groups in total. The normalized spacial score (nSPS) is 16.2. The highest BCUT2D eigenvalue weighted by molar-refractivity contribution is 6.06. The number of anilines is 1. The number of nitrogen functional groups attached to an aromatic ring is 1. The highest BCUT2D eigenvalue weighted by Gasteiger charge is 2.20. The van der Waals surface area contributed by atoms with Gasteiger partial charge in [-0.2, -0.15) is 0 Å². The fraction of sp³-hybridized carbons (Fsp3) is 0.364. The molecule has 16 heavy (non-hydrogen) atoms. The van der Waals surface area contributed by atoms with Crippen molar-refractivity contribution in [3.63, 3.8) is 0 Å². The molecule has 0 aromatic carbocycles. The summed E-state index contributed by atoms with van der Waals surface area (Å²) >= 11 is 0. The largest absolute Gasteiger partial charge is 0.384 e. The average Bonchev–Trinajstić information content (AvgIpc) is 2.29. The minimum absolute atomic E-state index is 0.275. The van der Waals surface area contributed by atoms with Crippen LogP contribution in [0.2, 0.25) is 0 Å². The molecular formula is C11H15N5. The van der Waals surface area contributed by atoms with Gasteiger partial charge in [0.15, 0.2) is 5.84 Å². The monoisotopic (exact) mass is 217 g/mol. The third kappa shape index (κ3) is 2.03. The van der Waals surface area contributed by atoms with E-state index in [1.165, 1.54) is 0 Å². The van der Waals surface area contributed by atoms with Crippen LogP contribution in [0.15, 0.2) is 18.2 Å². The number of aromatic nitrogens is 1. The van der Waals surface area contributed by atoms with Gasteiger partial charge in [-0.05, 0) is 25.0 Å². The van der Waals surface area contributed by atoms with E-state index in [1.54, 1.807) is 23.1 Å². The molecular weight excluding hydrogens is 202 g/mol.